The molecule has 0 heterocycles. The summed E-state index contributed by atoms with van der Waals surface area (Å²) in [6.45, 7) is 6.55. The quantitative estimate of drug-likeness (QED) is 0.224. The van der Waals surface area contributed by atoms with E-state index in [2.05, 4.69) is 17.1 Å². The fourth-order valence-corrected chi connectivity index (χ4v) is 2.98. The van der Waals surface area contributed by atoms with Crippen molar-refractivity contribution in [1.82, 2.24) is 5.43 Å². The number of rotatable bonds is 12. The van der Waals surface area contributed by atoms with Crippen LogP contribution in [0.4, 0.5) is 0 Å². The average molecular weight is 475 g/mol. The summed E-state index contributed by atoms with van der Waals surface area (Å²) < 4.78 is 16.8. The summed E-state index contributed by atoms with van der Waals surface area (Å²) in [7, 11) is 0. The van der Waals surface area contributed by atoms with E-state index < -0.39 is 5.97 Å². The first kappa shape index (κ1) is 25.0. The van der Waals surface area contributed by atoms with E-state index in [9.17, 15) is 9.59 Å². The second-order valence-electron chi connectivity index (χ2n) is 7.25. The van der Waals surface area contributed by atoms with Gasteiger partial charge in [0.15, 0.2) is 11.5 Å². The van der Waals surface area contributed by atoms with Crippen LogP contribution in [-0.4, -0.2) is 36.4 Å². The Balaban J connectivity index is 1.53. The van der Waals surface area contributed by atoms with E-state index in [1.54, 1.807) is 60.7 Å². The minimum absolute atomic E-state index is 0.230. The Morgan fingerprint density at radius 3 is 2.31 bits per heavy atom. The van der Waals surface area contributed by atoms with Crippen molar-refractivity contribution >= 4 is 18.1 Å². The number of nitrogens with one attached hydrogen (secondary N) is 1. The smallest absolute Gasteiger partial charge is 0.335 e. The van der Waals surface area contributed by atoms with Gasteiger partial charge in [-0.2, -0.15) is 5.10 Å². The molecular weight excluding hydrogens is 448 g/mol. The van der Waals surface area contributed by atoms with E-state index in [1.807, 2.05) is 6.92 Å². The molecule has 180 valence electrons. The molecule has 0 aromatic heterocycles. The summed E-state index contributed by atoms with van der Waals surface area (Å²) in [6, 6.07) is 18.6. The molecule has 0 fully saturated rings. The molecule has 0 unspecified atom stereocenters. The van der Waals surface area contributed by atoms with E-state index in [4.69, 9.17) is 19.3 Å². The SMILES string of the molecule is C=CCOc1ccc(C(=O)N/N=C/c2ccc(OCc3ccc(C(=O)O)cc3)cc2)cc1OCC. The third-order valence-electron chi connectivity index (χ3n) is 4.73. The number of carbonyl (C=O) groups is 2. The molecule has 0 aliphatic heterocycles. The van der Waals surface area contributed by atoms with Crippen molar-refractivity contribution in [3.05, 3.63) is 102 Å². The molecule has 0 spiro atoms. The molecule has 3 rings (SSSR count). The second kappa shape index (κ2) is 12.6. The van der Waals surface area contributed by atoms with Crippen molar-refractivity contribution < 1.29 is 28.9 Å². The molecule has 3 aromatic carbocycles. The van der Waals surface area contributed by atoms with Crippen LogP contribution in [0.3, 0.4) is 0 Å². The monoisotopic (exact) mass is 474 g/mol. The highest BCUT2D eigenvalue weighted by molar-refractivity contribution is 5.95. The predicted octanol–water partition coefficient (Wildman–Crippen LogP) is 4.69. The summed E-state index contributed by atoms with van der Waals surface area (Å²) >= 11 is 0. The zero-order valence-electron chi connectivity index (χ0n) is 19.3. The molecule has 1 amide bonds. The highest BCUT2D eigenvalue weighted by Gasteiger charge is 2.11. The molecule has 35 heavy (non-hydrogen) atoms. The standard InChI is InChI=1S/C27H26N2O6/c1-3-15-34-24-14-11-22(16-25(24)33-4-2)26(30)29-28-17-19-7-12-23(13-8-19)35-18-20-5-9-21(10-6-20)27(31)32/h3,5-14,16-17H,1,4,15,18H2,2H3,(H,29,30)(H,31,32)/b28-17+. The molecule has 0 atom stereocenters. The van der Waals surface area contributed by atoms with Crippen molar-refractivity contribution in [3.63, 3.8) is 0 Å². The van der Waals surface area contributed by atoms with E-state index in [0.29, 0.717) is 42.6 Å². The normalized spacial score (nSPS) is 10.5. The molecule has 0 saturated heterocycles. The molecule has 0 bridgehead atoms. The molecular formula is C27H26N2O6. The van der Waals surface area contributed by atoms with Crippen molar-refractivity contribution in [2.45, 2.75) is 13.5 Å². The zero-order chi connectivity index (χ0) is 25.0. The maximum Gasteiger partial charge on any atom is 0.335 e. The van der Waals surface area contributed by atoms with E-state index >= 15 is 0 Å². The van der Waals surface area contributed by atoms with Gasteiger partial charge < -0.3 is 19.3 Å². The molecule has 0 aliphatic carbocycles. The summed E-state index contributed by atoms with van der Waals surface area (Å²) in [5.41, 5.74) is 4.74. The number of ether oxygens (including phenoxy) is 3. The van der Waals surface area contributed by atoms with Crippen molar-refractivity contribution in [1.29, 1.82) is 0 Å². The maximum atomic E-state index is 12.5. The van der Waals surface area contributed by atoms with E-state index in [1.165, 1.54) is 18.3 Å². The number of hydrogen-bond acceptors (Lipinski definition) is 6. The lowest BCUT2D eigenvalue weighted by Gasteiger charge is -2.12. The Bertz CT molecular complexity index is 1190. The van der Waals surface area contributed by atoms with Gasteiger partial charge in [0, 0.05) is 5.56 Å². The topological polar surface area (TPSA) is 106 Å². The summed E-state index contributed by atoms with van der Waals surface area (Å²) in [5, 5.41) is 13.0. The van der Waals surface area contributed by atoms with Crippen molar-refractivity contribution in [2.24, 2.45) is 5.10 Å². The number of aromatic carboxylic acids is 1. The van der Waals surface area contributed by atoms with Gasteiger partial charge in [-0.25, -0.2) is 10.2 Å². The Hall–Kier alpha value is -4.59. The lowest BCUT2D eigenvalue weighted by molar-refractivity contribution is 0.0696. The summed E-state index contributed by atoms with van der Waals surface area (Å²) in [6.07, 6.45) is 3.16. The van der Waals surface area contributed by atoms with Gasteiger partial charge in [0.25, 0.3) is 5.91 Å². The third-order valence-corrected chi connectivity index (χ3v) is 4.73. The van der Waals surface area contributed by atoms with Crippen molar-refractivity contribution in [3.8, 4) is 17.2 Å². The Morgan fingerprint density at radius 2 is 1.66 bits per heavy atom. The zero-order valence-corrected chi connectivity index (χ0v) is 19.3. The molecule has 8 nitrogen and oxygen atoms in total. The number of nitrogens with zero attached hydrogens (tertiary/aromatic N) is 1. The lowest BCUT2D eigenvalue weighted by Crippen LogP contribution is -2.17. The van der Waals surface area contributed by atoms with Gasteiger partial charge in [0.2, 0.25) is 0 Å². The predicted molar refractivity (Wildman–Crippen MR) is 133 cm³/mol. The van der Waals surface area contributed by atoms with Crippen LogP contribution in [0.2, 0.25) is 0 Å². The molecule has 0 aliphatic rings. The van der Waals surface area contributed by atoms with Gasteiger partial charge in [-0.05, 0) is 72.6 Å². The largest absolute Gasteiger partial charge is 0.490 e. The molecule has 3 aromatic rings. The van der Waals surface area contributed by atoms with Gasteiger partial charge in [-0.15, -0.1) is 0 Å². The minimum Gasteiger partial charge on any atom is -0.490 e. The Labute approximate surface area is 203 Å². The van der Waals surface area contributed by atoms with Crippen molar-refractivity contribution in [2.75, 3.05) is 13.2 Å². The second-order valence-corrected chi connectivity index (χ2v) is 7.25. The molecule has 0 saturated carbocycles. The first-order valence-corrected chi connectivity index (χ1v) is 10.9. The number of amides is 1. The van der Waals surface area contributed by atoms with Crippen LogP contribution in [0, 0.1) is 0 Å². The summed E-state index contributed by atoms with van der Waals surface area (Å²) in [5.74, 6) is 0.306. The van der Waals surface area contributed by atoms with Crippen LogP contribution in [0.1, 0.15) is 38.8 Å². The first-order chi connectivity index (χ1) is 17.0. The van der Waals surface area contributed by atoms with Gasteiger partial charge in [0.1, 0.15) is 19.0 Å². The Kier molecular flexibility index (Phi) is 9.01. The molecule has 2 N–H and O–H groups in total. The highest BCUT2D eigenvalue weighted by atomic mass is 16.5. The van der Waals surface area contributed by atoms with Gasteiger partial charge in [-0.3, -0.25) is 4.79 Å². The average Bonchev–Trinajstić information content (AvgIpc) is 2.87. The number of carboxylic acids is 1. The number of hydrogen-bond donors (Lipinski definition) is 2. The number of benzene rings is 3. The first-order valence-electron chi connectivity index (χ1n) is 10.9. The van der Waals surface area contributed by atoms with Crippen LogP contribution < -0.4 is 19.6 Å². The van der Waals surface area contributed by atoms with Gasteiger partial charge in [0.05, 0.1) is 18.4 Å². The minimum atomic E-state index is -0.965. The highest BCUT2D eigenvalue weighted by Crippen LogP contribution is 2.28. The fraction of sp³-hybridized carbons (Fsp3) is 0.148. The van der Waals surface area contributed by atoms with Crippen LogP contribution in [-0.2, 0) is 6.61 Å². The van der Waals surface area contributed by atoms with Crippen LogP contribution >= 0.6 is 0 Å². The van der Waals surface area contributed by atoms with Crippen LogP contribution in [0.5, 0.6) is 17.2 Å². The molecule has 8 heteroatoms. The van der Waals surface area contributed by atoms with Crippen LogP contribution in [0.25, 0.3) is 0 Å². The van der Waals surface area contributed by atoms with Gasteiger partial charge in [-0.1, -0.05) is 24.8 Å². The summed E-state index contributed by atoms with van der Waals surface area (Å²) in [4.78, 5) is 23.4. The fourth-order valence-electron chi connectivity index (χ4n) is 2.98. The maximum absolute atomic E-state index is 12.5. The number of carboxylic acid groups (broad SMARTS) is 1. The van der Waals surface area contributed by atoms with E-state index in [0.717, 1.165) is 11.1 Å². The van der Waals surface area contributed by atoms with Crippen LogP contribution in [0.15, 0.2) is 84.5 Å². The van der Waals surface area contributed by atoms with Gasteiger partial charge >= 0.3 is 5.97 Å². The number of carbonyl (C=O) groups excluding carboxylic acids is 1. The Morgan fingerprint density at radius 1 is 0.943 bits per heavy atom. The van der Waals surface area contributed by atoms with E-state index in [-0.39, 0.29) is 11.5 Å². The molecule has 0 radical (unpaired) electrons. The lowest BCUT2D eigenvalue weighted by atomic mass is 10.1. The third kappa shape index (κ3) is 7.46. The number of hydrazone groups is 1.